The van der Waals surface area contributed by atoms with Crippen LogP contribution in [-0.4, -0.2) is 24.9 Å². The lowest BCUT2D eigenvalue weighted by Crippen LogP contribution is -2.41. The molecule has 0 saturated heterocycles. The Morgan fingerprint density at radius 2 is 1.30 bits per heavy atom. The van der Waals surface area contributed by atoms with Crippen molar-refractivity contribution in [3.8, 4) is 0 Å². The van der Waals surface area contributed by atoms with E-state index in [1.54, 1.807) is 0 Å². The average molecular weight is 375 g/mol. The van der Waals surface area contributed by atoms with Gasteiger partial charge in [-0.3, -0.25) is 9.59 Å². The smallest absolute Gasteiger partial charge is 0.309 e. The van der Waals surface area contributed by atoms with Crippen LogP contribution in [0.1, 0.15) is 89.5 Å². The van der Waals surface area contributed by atoms with Crippen molar-refractivity contribution in [2.45, 2.75) is 84.0 Å². The van der Waals surface area contributed by atoms with E-state index in [1.165, 1.54) is 51.4 Å². The van der Waals surface area contributed by atoms with Gasteiger partial charge in [0.2, 0.25) is 0 Å². The van der Waals surface area contributed by atoms with Gasteiger partial charge in [0.25, 0.3) is 0 Å². The predicted octanol–water partition coefficient (Wildman–Crippen LogP) is 4.94. The van der Waals surface area contributed by atoms with Crippen LogP contribution in [0.25, 0.3) is 0 Å². The third kappa shape index (κ3) is 11.5. The lowest BCUT2D eigenvalue weighted by atomic mass is 10.0. The number of rotatable bonds is 14. The summed E-state index contributed by atoms with van der Waals surface area (Å²) in [5.41, 5.74) is 1.16. The Kier molecular flexibility index (Phi) is 13.1. The summed E-state index contributed by atoms with van der Waals surface area (Å²) < 4.78 is 0. The van der Waals surface area contributed by atoms with E-state index in [-0.39, 0.29) is 5.92 Å². The van der Waals surface area contributed by atoms with Crippen LogP contribution in [0.2, 0.25) is 0 Å². The number of hydrogen-bond acceptors (Lipinski definition) is 2. The fourth-order valence-corrected chi connectivity index (χ4v) is 3.12. The zero-order chi connectivity index (χ0) is 19.7. The van der Waals surface area contributed by atoms with Crippen LogP contribution < -0.4 is 10.6 Å². The quantitative estimate of drug-likeness (QED) is 0.358. The molecule has 152 valence electrons. The summed E-state index contributed by atoms with van der Waals surface area (Å²) in [5, 5.41) is 5.44. The van der Waals surface area contributed by atoms with Crippen molar-refractivity contribution >= 4 is 11.8 Å². The molecule has 0 radical (unpaired) electrons. The highest BCUT2D eigenvalue weighted by molar-refractivity contribution is 6.35. The highest BCUT2D eigenvalue weighted by Crippen LogP contribution is 2.13. The molecule has 2 amide bonds. The van der Waals surface area contributed by atoms with Gasteiger partial charge >= 0.3 is 11.8 Å². The maximum atomic E-state index is 11.9. The van der Waals surface area contributed by atoms with Gasteiger partial charge in [0, 0.05) is 13.1 Å². The van der Waals surface area contributed by atoms with Gasteiger partial charge in [-0.05, 0) is 17.9 Å². The van der Waals surface area contributed by atoms with Gasteiger partial charge in [0.15, 0.2) is 0 Å². The van der Waals surface area contributed by atoms with E-state index in [4.69, 9.17) is 0 Å². The van der Waals surface area contributed by atoms with Crippen molar-refractivity contribution in [1.29, 1.82) is 0 Å². The first-order valence-electron chi connectivity index (χ1n) is 10.8. The zero-order valence-electron chi connectivity index (χ0n) is 17.3. The number of benzene rings is 1. The summed E-state index contributed by atoms with van der Waals surface area (Å²) in [6.45, 7) is 5.33. The van der Waals surface area contributed by atoms with Crippen LogP contribution in [0.3, 0.4) is 0 Å². The molecule has 1 aromatic carbocycles. The molecule has 27 heavy (non-hydrogen) atoms. The normalized spacial score (nSPS) is 11.8. The standard InChI is InChI=1S/C23H38N2O2/c1-3-4-5-6-7-8-9-10-11-15-18-24-22(26)23(27)25-19-20(2)21-16-13-12-14-17-21/h12-14,16-17,20H,3-11,15,18-19H2,1-2H3,(H,24,26)(H,25,27)/t20-/m0/s1. The van der Waals surface area contributed by atoms with E-state index in [1.807, 2.05) is 37.3 Å². The molecule has 1 atom stereocenters. The Morgan fingerprint density at radius 1 is 0.778 bits per heavy atom. The van der Waals surface area contributed by atoms with E-state index in [2.05, 4.69) is 17.6 Å². The largest absolute Gasteiger partial charge is 0.348 e. The SMILES string of the molecule is CCCCCCCCCCCCNC(=O)C(=O)NC[C@H](C)c1ccccc1. The maximum absolute atomic E-state index is 11.9. The van der Waals surface area contributed by atoms with Crippen LogP contribution in [0, 0.1) is 0 Å². The number of unbranched alkanes of at least 4 members (excludes halogenated alkanes) is 9. The van der Waals surface area contributed by atoms with Gasteiger partial charge in [0.05, 0.1) is 0 Å². The number of nitrogens with one attached hydrogen (secondary N) is 2. The first-order valence-corrected chi connectivity index (χ1v) is 10.8. The Hall–Kier alpha value is -1.84. The van der Waals surface area contributed by atoms with Crippen molar-refractivity contribution in [2.24, 2.45) is 0 Å². The topological polar surface area (TPSA) is 58.2 Å². The average Bonchev–Trinajstić information content (AvgIpc) is 2.70. The van der Waals surface area contributed by atoms with E-state index >= 15 is 0 Å². The van der Waals surface area contributed by atoms with Crippen LogP contribution in [0.15, 0.2) is 30.3 Å². The third-order valence-corrected chi connectivity index (χ3v) is 4.96. The summed E-state index contributed by atoms with van der Waals surface area (Å²) in [6.07, 6.45) is 12.6. The Bertz CT molecular complexity index is 516. The van der Waals surface area contributed by atoms with Crippen molar-refractivity contribution in [2.75, 3.05) is 13.1 Å². The first-order chi connectivity index (χ1) is 13.1. The predicted molar refractivity (Wildman–Crippen MR) is 113 cm³/mol. The molecule has 1 rings (SSSR count). The third-order valence-electron chi connectivity index (χ3n) is 4.96. The van der Waals surface area contributed by atoms with E-state index in [0.717, 1.165) is 18.4 Å². The Balaban J connectivity index is 1.99. The van der Waals surface area contributed by atoms with Crippen LogP contribution in [0.4, 0.5) is 0 Å². The van der Waals surface area contributed by atoms with Gasteiger partial charge < -0.3 is 10.6 Å². The molecule has 0 aliphatic heterocycles. The van der Waals surface area contributed by atoms with E-state index in [9.17, 15) is 9.59 Å². The number of carbonyl (C=O) groups excluding carboxylic acids is 2. The maximum Gasteiger partial charge on any atom is 0.309 e. The second kappa shape index (κ2) is 15.2. The molecule has 0 bridgehead atoms. The lowest BCUT2D eigenvalue weighted by Gasteiger charge is -2.13. The van der Waals surface area contributed by atoms with Gasteiger partial charge in [-0.2, -0.15) is 0 Å². The number of carbonyl (C=O) groups is 2. The summed E-state index contributed by atoms with van der Waals surface area (Å²) in [7, 11) is 0. The van der Waals surface area contributed by atoms with Crippen molar-refractivity contribution in [1.82, 2.24) is 10.6 Å². The molecule has 0 fully saturated rings. The monoisotopic (exact) mass is 374 g/mol. The fourth-order valence-electron chi connectivity index (χ4n) is 3.12. The molecule has 0 aliphatic carbocycles. The first kappa shape index (κ1) is 23.2. The van der Waals surface area contributed by atoms with Crippen molar-refractivity contribution in [3.05, 3.63) is 35.9 Å². The second-order valence-corrected chi connectivity index (χ2v) is 7.46. The van der Waals surface area contributed by atoms with E-state index in [0.29, 0.717) is 13.1 Å². The molecule has 4 nitrogen and oxygen atoms in total. The molecule has 0 aliphatic rings. The minimum absolute atomic E-state index is 0.185. The van der Waals surface area contributed by atoms with Crippen molar-refractivity contribution < 1.29 is 9.59 Å². The fraction of sp³-hybridized carbons (Fsp3) is 0.652. The van der Waals surface area contributed by atoms with Gasteiger partial charge in [-0.15, -0.1) is 0 Å². The zero-order valence-corrected chi connectivity index (χ0v) is 17.3. The molecular weight excluding hydrogens is 336 g/mol. The summed E-state index contributed by atoms with van der Waals surface area (Å²) >= 11 is 0. The molecule has 0 spiro atoms. The van der Waals surface area contributed by atoms with Crippen LogP contribution in [-0.2, 0) is 9.59 Å². The Morgan fingerprint density at radius 3 is 1.89 bits per heavy atom. The minimum Gasteiger partial charge on any atom is -0.348 e. The summed E-state index contributed by atoms with van der Waals surface area (Å²) in [6, 6.07) is 9.99. The highest BCUT2D eigenvalue weighted by Gasteiger charge is 2.14. The second-order valence-electron chi connectivity index (χ2n) is 7.46. The highest BCUT2D eigenvalue weighted by atomic mass is 16.2. The molecule has 0 heterocycles. The number of hydrogen-bond donors (Lipinski definition) is 2. The van der Waals surface area contributed by atoms with Gasteiger partial charge in [0.1, 0.15) is 0 Å². The molecule has 0 unspecified atom stereocenters. The molecule has 0 saturated carbocycles. The van der Waals surface area contributed by atoms with Crippen molar-refractivity contribution in [3.63, 3.8) is 0 Å². The minimum atomic E-state index is -0.537. The van der Waals surface area contributed by atoms with Gasteiger partial charge in [-0.25, -0.2) is 0 Å². The van der Waals surface area contributed by atoms with Crippen LogP contribution >= 0.6 is 0 Å². The lowest BCUT2D eigenvalue weighted by molar-refractivity contribution is -0.139. The van der Waals surface area contributed by atoms with Gasteiger partial charge in [-0.1, -0.05) is 102 Å². The van der Waals surface area contributed by atoms with E-state index < -0.39 is 11.8 Å². The summed E-state index contributed by atoms with van der Waals surface area (Å²) in [5.74, 6) is -0.874. The number of amides is 2. The molecule has 2 N–H and O–H groups in total. The molecule has 4 heteroatoms. The molecule has 1 aromatic rings. The summed E-state index contributed by atoms with van der Waals surface area (Å²) in [4.78, 5) is 23.7. The molecule has 0 aromatic heterocycles. The van der Waals surface area contributed by atoms with Crippen LogP contribution in [0.5, 0.6) is 0 Å². The Labute approximate surface area is 165 Å². The molecular formula is C23H38N2O2.